The van der Waals surface area contributed by atoms with Crippen molar-refractivity contribution in [2.24, 2.45) is 5.84 Å². The first-order chi connectivity index (χ1) is 9.62. The maximum Gasteiger partial charge on any atom is 0.255 e. The maximum atomic E-state index is 12.4. The number of hydrogen-bond acceptors (Lipinski definition) is 4. The van der Waals surface area contributed by atoms with Crippen LogP contribution in [0.3, 0.4) is 0 Å². The Bertz CT molecular complexity index is 439. The number of nitrogen functional groups attached to an aromatic ring is 1. The van der Waals surface area contributed by atoms with Crippen LogP contribution in [0, 0.1) is 0 Å². The molecule has 20 heavy (non-hydrogen) atoms. The number of nitrogens with one attached hydrogen (secondary N) is 2. The van der Waals surface area contributed by atoms with Crippen LogP contribution in [0.2, 0.25) is 0 Å². The smallest absolute Gasteiger partial charge is 0.255 e. The topological polar surface area (TPSA) is 80.0 Å². The number of carbonyl (C=O) groups excluding carboxylic acids is 1. The molecule has 4 N–H and O–H groups in total. The molecule has 1 aromatic heterocycles. The fourth-order valence-corrected chi connectivity index (χ4v) is 2.41. The molecule has 0 fully saturated rings. The summed E-state index contributed by atoms with van der Waals surface area (Å²) in [7, 11) is 0. The highest BCUT2D eigenvalue weighted by Gasteiger charge is 2.16. The monoisotopic (exact) mass is 342 g/mol. The largest absolute Gasteiger partial charge is 0.349 e. The number of halogens is 1. The van der Waals surface area contributed by atoms with Crippen molar-refractivity contribution in [3.8, 4) is 0 Å². The molecule has 0 bridgehead atoms. The van der Waals surface area contributed by atoms with Gasteiger partial charge in [-0.05, 0) is 34.8 Å². The van der Waals surface area contributed by atoms with E-state index in [2.05, 4.69) is 45.5 Å². The van der Waals surface area contributed by atoms with Crippen LogP contribution in [0.25, 0.3) is 0 Å². The Morgan fingerprint density at radius 1 is 1.40 bits per heavy atom. The van der Waals surface area contributed by atoms with Crippen molar-refractivity contribution in [1.82, 2.24) is 10.3 Å². The molecule has 1 unspecified atom stereocenters. The minimum Gasteiger partial charge on any atom is -0.349 e. The summed E-state index contributed by atoms with van der Waals surface area (Å²) in [4.78, 5) is 16.4. The lowest BCUT2D eigenvalue weighted by Gasteiger charge is -2.18. The lowest BCUT2D eigenvalue weighted by atomic mass is 10.0. The van der Waals surface area contributed by atoms with Crippen LogP contribution < -0.4 is 16.6 Å². The summed E-state index contributed by atoms with van der Waals surface area (Å²) in [5.74, 6) is 5.65. The van der Waals surface area contributed by atoms with Crippen LogP contribution in [-0.4, -0.2) is 16.9 Å². The summed E-state index contributed by atoms with van der Waals surface area (Å²) >= 11 is 3.32. The second kappa shape index (κ2) is 8.92. The van der Waals surface area contributed by atoms with E-state index < -0.39 is 0 Å². The molecule has 1 atom stereocenters. The SMILES string of the molecule is CCCCC(CCC)NC(=O)c1cc(Br)cnc1NN. The summed E-state index contributed by atoms with van der Waals surface area (Å²) in [6.07, 6.45) is 6.88. The van der Waals surface area contributed by atoms with E-state index in [-0.39, 0.29) is 11.9 Å². The first-order valence-electron chi connectivity index (χ1n) is 7.05. The van der Waals surface area contributed by atoms with E-state index in [9.17, 15) is 4.79 Å². The number of pyridine rings is 1. The Labute approximate surface area is 128 Å². The van der Waals surface area contributed by atoms with Crippen LogP contribution in [0.4, 0.5) is 5.82 Å². The van der Waals surface area contributed by atoms with E-state index in [1.807, 2.05) is 0 Å². The molecular formula is C14H23BrN4O. The number of carbonyl (C=O) groups is 1. The number of nitrogens with zero attached hydrogens (tertiary/aromatic N) is 1. The number of aromatic nitrogens is 1. The third kappa shape index (κ3) is 5.09. The van der Waals surface area contributed by atoms with Gasteiger partial charge in [0.25, 0.3) is 5.91 Å². The van der Waals surface area contributed by atoms with Gasteiger partial charge in [0.2, 0.25) is 0 Å². The fourth-order valence-electron chi connectivity index (χ4n) is 2.08. The predicted molar refractivity (Wildman–Crippen MR) is 85.4 cm³/mol. The molecule has 1 aromatic rings. The summed E-state index contributed by atoms with van der Waals surface area (Å²) in [5, 5.41) is 3.08. The highest BCUT2D eigenvalue weighted by atomic mass is 79.9. The van der Waals surface area contributed by atoms with Crippen LogP contribution in [-0.2, 0) is 0 Å². The van der Waals surface area contributed by atoms with Crippen LogP contribution >= 0.6 is 15.9 Å². The van der Waals surface area contributed by atoms with Crippen LogP contribution in [0.1, 0.15) is 56.3 Å². The van der Waals surface area contributed by atoms with Gasteiger partial charge in [-0.2, -0.15) is 0 Å². The first kappa shape index (κ1) is 16.9. The predicted octanol–water partition coefficient (Wildman–Crippen LogP) is 3.22. The van der Waals surface area contributed by atoms with Gasteiger partial charge < -0.3 is 10.7 Å². The van der Waals surface area contributed by atoms with Crippen molar-refractivity contribution < 1.29 is 4.79 Å². The first-order valence-corrected chi connectivity index (χ1v) is 7.84. The Hall–Kier alpha value is -1.14. The summed E-state index contributed by atoms with van der Waals surface area (Å²) in [6, 6.07) is 1.93. The Kier molecular flexibility index (Phi) is 7.54. The van der Waals surface area contributed by atoms with E-state index in [0.717, 1.165) is 36.6 Å². The number of rotatable bonds is 8. The minimum absolute atomic E-state index is 0.138. The lowest BCUT2D eigenvalue weighted by molar-refractivity contribution is 0.0932. The molecule has 1 heterocycles. The third-order valence-corrected chi connectivity index (χ3v) is 3.55. The zero-order chi connectivity index (χ0) is 15.0. The van der Waals surface area contributed by atoms with Gasteiger partial charge in [-0.15, -0.1) is 0 Å². The number of amides is 1. The zero-order valence-corrected chi connectivity index (χ0v) is 13.7. The number of unbranched alkanes of at least 4 members (excludes halogenated alkanes) is 1. The summed E-state index contributed by atoms with van der Waals surface area (Å²) in [6.45, 7) is 4.28. The molecule has 0 aromatic carbocycles. The molecule has 0 aliphatic carbocycles. The standard InChI is InChI=1S/C14H23BrN4O/c1-3-5-7-11(6-4-2)18-14(20)12-8-10(15)9-17-13(12)19-16/h8-9,11H,3-7,16H2,1-2H3,(H,17,19)(H,18,20). The van der Waals surface area contributed by atoms with Crippen LogP contribution in [0.15, 0.2) is 16.7 Å². The zero-order valence-electron chi connectivity index (χ0n) is 12.1. The van der Waals surface area contributed by atoms with Crippen LogP contribution in [0.5, 0.6) is 0 Å². The average molecular weight is 343 g/mol. The van der Waals surface area contributed by atoms with E-state index >= 15 is 0 Å². The van der Waals surface area contributed by atoms with Gasteiger partial charge in [0, 0.05) is 16.7 Å². The molecule has 6 heteroatoms. The van der Waals surface area contributed by atoms with Crippen molar-refractivity contribution in [2.45, 2.75) is 52.0 Å². The molecule has 5 nitrogen and oxygen atoms in total. The Morgan fingerprint density at radius 3 is 2.75 bits per heavy atom. The molecular weight excluding hydrogens is 320 g/mol. The van der Waals surface area contributed by atoms with Gasteiger partial charge in [0.15, 0.2) is 5.82 Å². The maximum absolute atomic E-state index is 12.4. The molecule has 0 spiro atoms. The average Bonchev–Trinajstić information content (AvgIpc) is 2.44. The van der Waals surface area contributed by atoms with Gasteiger partial charge >= 0.3 is 0 Å². The fraction of sp³-hybridized carbons (Fsp3) is 0.571. The van der Waals surface area contributed by atoms with E-state index in [0.29, 0.717) is 11.4 Å². The molecule has 0 radical (unpaired) electrons. The molecule has 0 aliphatic rings. The lowest BCUT2D eigenvalue weighted by Crippen LogP contribution is -2.35. The van der Waals surface area contributed by atoms with Crippen molar-refractivity contribution in [2.75, 3.05) is 5.43 Å². The van der Waals surface area contributed by atoms with Gasteiger partial charge in [-0.1, -0.05) is 33.1 Å². The second-order valence-electron chi connectivity index (χ2n) is 4.80. The van der Waals surface area contributed by atoms with E-state index in [1.165, 1.54) is 0 Å². The molecule has 0 saturated heterocycles. The molecule has 0 aliphatic heterocycles. The summed E-state index contributed by atoms with van der Waals surface area (Å²) in [5.41, 5.74) is 2.92. The highest BCUT2D eigenvalue weighted by molar-refractivity contribution is 9.10. The van der Waals surface area contributed by atoms with Crippen molar-refractivity contribution in [3.05, 3.63) is 22.3 Å². The quantitative estimate of drug-likeness (QED) is 0.500. The van der Waals surface area contributed by atoms with E-state index in [4.69, 9.17) is 5.84 Å². The van der Waals surface area contributed by atoms with Gasteiger partial charge in [0.05, 0.1) is 5.56 Å². The van der Waals surface area contributed by atoms with Crippen molar-refractivity contribution in [1.29, 1.82) is 0 Å². The normalized spacial score (nSPS) is 12.0. The summed E-state index contributed by atoms with van der Waals surface area (Å²) < 4.78 is 0.752. The van der Waals surface area contributed by atoms with Crippen molar-refractivity contribution >= 4 is 27.7 Å². The Balaban J connectivity index is 2.79. The van der Waals surface area contributed by atoms with Gasteiger partial charge in [0.1, 0.15) is 0 Å². The number of nitrogens with two attached hydrogens (primary N) is 1. The number of anilines is 1. The molecule has 112 valence electrons. The van der Waals surface area contributed by atoms with Gasteiger partial charge in [-0.25, -0.2) is 10.8 Å². The highest BCUT2D eigenvalue weighted by Crippen LogP contribution is 2.18. The number of hydrazine groups is 1. The van der Waals surface area contributed by atoms with Gasteiger partial charge in [-0.3, -0.25) is 4.79 Å². The molecule has 1 rings (SSSR count). The number of hydrogen-bond donors (Lipinski definition) is 3. The van der Waals surface area contributed by atoms with E-state index in [1.54, 1.807) is 12.3 Å². The minimum atomic E-state index is -0.138. The molecule has 0 saturated carbocycles. The Morgan fingerprint density at radius 2 is 2.15 bits per heavy atom. The second-order valence-corrected chi connectivity index (χ2v) is 5.71. The third-order valence-electron chi connectivity index (χ3n) is 3.11. The van der Waals surface area contributed by atoms with Crippen molar-refractivity contribution in [3.63, 3.8) is 0 Å². The molecule has 1 amide bonds.